The predicted molar refractivity (Wildman–Crippen MR) is 95.8 cm³/mol. The van der Waals surface area contributed by atoms with Gasteiger partial charge in [0.05, 0.1) is 12.2 Å². The molecule has 0 fully saturated rings. The van der Waals surface area contributed by atoms with Gasteiger partial charge in [-0.25, -0.2) is 9.48 Å². The van der Waals surface area contributed by atoms with Crippen LogP contribution in [0.5, 0.6) is 0 Å². The summed E-state index contributed by atoms with van der Waals surface area (Å²) in [5.74, 6) is 1.91. The Morgan fingerprint density at radius 3 is 2.77 bits per heavy atom. The zero-order valence-corrected chi connectivity index (χ0v) is 15.9. The minimum atomic E-state index is -0.136. The standard InChI is InChI=1S/C18H27N5O3/c1-11(2)9-19-17(24)14-5-6-16-20-23(18(25)22(16)8-7-14)10-15-12(3)21-26-13(15)4/h11,14H,5-10H2,1-4H3,(H,19,24). The summed E-state index contributed by atoms with van der Waals surface area (Å²) in [6.45, 7) is 9.41. The quantitative estimate of drug-likeness (QED) is 0.869. The smallest absolute Gasteiger partial charge is 0.346 e. The maximum Gasteiger partial charge on any atom is 0.346 e. The maximum atomic E-state index is 12.7. The van der Waals surface area contributed by atoms with Crippen LogP contribution in [-0.4, -0.2) is 32.0 Å². The highest BCUT2D eigenvalue weighted by molar-refractivity contribution is 5.78. The normalized spacial score (nSPS) is 17.2. The second-order valence-corrected chi connectivity index (χ2v) is 7.47. The van der Waals surface area contributed by atoms with Crippen LogP contribution in [0.2, 0.25) is 0 Å². The number of aromatic nitrogens is 4. The molecule has 1 amide bonds. The molecule has 1 atom stereocenters. The van der Waals surface area contributed by atoms with E-state index in [1.54, 1.807) is 4.57 Å². The largest absolute Gasteiger partial charge is 0.361 e. The van der Waals surface area contributed by atoms with Crippen LogP contribution in [-0.2, 0) is 24.3 Å². The van der Waals surface area contributed by atoms with E-state index in [4.69, 9.17) is 4.52 Å². The van der Waals surface area contributed by atoms with E-state index < -0.39 is 0 Å². The van der Waals surface area contributed by atoms with Gasteiger partial charge in [0, 0.05) is 31.0 Å². The first kappa shape index (κ1) is 18.4. The number of carbonyl (C=O) groups is 1. The van der Waals surface area contributed by atoms with E-state index in [9.17, 15) is 9.59 Å². The summed E-state index contributed by atoms with van der Waals surface area (Å²) in [5.41, 5.74) is 1.54. The third-order valence-corrected chi connectivity index (χ3v) is 4.96. The average Bonchev–Trinajstić information content (AvgIpc) is 2.97. The van der Waals surface area contributed by atoms with Gasteiger partial charge in [-0.05, 0) is 32.6 Å². The molecule has 3 heterocycles. The van der Waals surface area contributed by atoms with Gasteiger partial charge in [-0.15, -0.1) is 0 Å². The first-order valence-corrected chi connectivity index (χ1v) is 9.22. The predicted octanol–water partition coefficient (Wildman–Crippen LogP) is 1.42. The van der Waals surface area contributed by atoms with Gasteiger partial charge in [0.15, 0.2) is 0 Å². The van der Waals surface area contributed by atoms with Gasteiger partial charge in [-0.1, -0.05) is 19.0 Å². The summed E-state index contributed by atoms with van der Waals surface area (Å²) in [6.07, 6.45) is 2.00. The Bertz CT molecular complexity index is 826. The zero-order chi connectivity index (χ0) is 18.8. The third-order valence-electron chi connectivity index (χ3n) is 4.96. The van der Waals surface area contributed by atoms with E-state index in [0.29, 0.717) is 50.6 Å². The molecule has 1 N–H and O–H groups in total. The zero-order valence-electron chi connectivity index (χ0n) is 15.9. The third kappa shape index (κ3) is 3.73. The molecule has 1 aliphatic heterocycles. The lowest BCUT2D eigenvalue weighted by molar-refractivity contribution is -0.125. The number of nitrogens with zero attached hydrogens (tertiary/aromatic N) is 4. The minimum absolute atomic E-state index is 0.0640. The summed E-state index contributed by atoms with van der Waals surface area (Å²) in [4.78, 5) is 25.0. The van der Waals surface area contributed by atoms with Crippen molar-refractivity contribution in [3.63, 3.8) is 0 Å². The highest BCUT2D eigenvalue weighted by atomic mass is 16.5. The van der Waals surface area contributed by atoms with Crippen LogP contribution in [0, 0.1) is 25.7 Å². The van der Waals surface area contributed by atoms with Crippen LogP contribution in [0.25, 0.3) is 0 Å². The molecule has 0 bridgehead atoms. The lowest BCUT2D eigenvalue weighted by atomic mass is 9.99. The molecule has 0 aromatic carbocycles. The number of carbonyl (C=O) groups excluding carboxylic acids is 1. The van der Waals surface area contributed by atoms with Gasteiger partial charge in [-0.3, -0.25) is 9.36 Å². The SMILES string of the molecule is Cc1noc(C)c1Cn1nc2n(c1=O)CCC(C(=O)NCC(C)C)CC2. The second kappa shape index (κ2) is 7.47. The van der Waals surface area contributed by atoms with Crippen molar-refractivity contribution in [1.29, 1.82) is 0 Å². The van der Waals surface area contributed by atoms with Crippen molar-refractivity contribution in [1.82, 2.24) is 24.8 Å². The van der Waals surface area contributed by atoms with Crippen molar-refractivity contribution in [2.24, 2.45) is 11.8 Å². The van der Waals surface area contributed by atoms with Crippen LogP contribution in [0.4, 0.5) is 0 Å². The Morgan fingerprint density at radius 2 is 2.12 bits per heavy atom. The molecule has 0 aliphatic carbocycles. The maximum absolute atomic E-state index is 12.7. The monoisotopic (exact) mass is 361 g/mol. The Hall–Kier alpha value is -2.38. The second-order valence-electron chi connectivity index (χ2n) is 7.47. The first-order valence-electron chi connectivity index (χ1n) is 9.22. The molecule has 2 aromatic heterocycles. The first-order chi connectivity index (χ1) is 12.4. The Kier molecular flexibility index (Phi) is 5.29. The molecule has 8 heteroatoms. The van der Waals surface area contributed by atoms with Gasteiger partial charge in [0.25, 0.3) is 0 Å². The number of nitrogens with one attached hydrogen (secondary N) is 1. The van der Waals surface area contributed by atoms with E-state index in [1.165, 1.54) is 4.68 Å². The van der Waals surface area contributed by atoms with Crippen LogP contribution in [0.1, 0.15) is 49.5 Å². The molecule has 0 radical (unpaired) electrons. The van der Waals surface area contributed by atoms with Gasteiger partial charge in [0.1, 0.15) is 11.6 Å². The van der Waals surface area contributed by atoms with E-state index in [0.717, 1.165) is 17.1 Å². The molecule has 3 rings (SSSR count). The number of fused-ring (bicyclic) bond motifs is 1. The van der Waals surface area contributed by atoms with Crippen molar-refractivity contribution in [3.8, 4) is 0 Å². The minimum Gasteiger partial charge on any atom is -0.361 e. The molecule has 2 aromatic rings. The van der Waals surface area contributed by atoms with Gasteiger partial charge in [0.2, 0.25) is 5.91 Å². The lowest BCUT2D eigenvalue weighted by Gasteiger charge is -2.15. The number of hydrogen-bond acceptors (Lipinski definition) is 5. The molecule has 0 saturated carbocycles. The Morgan fingerprint density at radius 1 is 1.35 bits per heavy atom. The molecule has 26 heavy (non-hydrogen) atoms. The number of rotatable bonds is 5. The van der Waals surface area contributed by atoms with Gasteiger partial charge >= 0.3 is 5.69 Å². The molecule has 1 unspecified atom stereocenters. The number of aryl methyl sites for hydroxylation is 3. The fraction of sp³-hybridized carbons (Fsp3) is 0.667. The van der Waals surface area contributed by atoms with E-state index in [1.807, 2.05) is 13.8 Å². The average molecular weight is 361 g/mol. The number of amides is 1. The highest BCUT2D eigenvalue weighted by Crippen LogP contribution is 2.19. The van der Waals surface area contributed by atoms with Crippen LogP contribution >= 0.6 is 0 Å². The molecule has 0 saturated heterocycles. The van der Waals surface area contributed by atoms with E-state index in [2.05, 4.69) is 29.4 Å². The van der Waals surface area contributed by atoms with Crippen LogP contribution < -0.4 is 11.0 Å². The van der Waals surface area contributed by atoms with Crippen molar-refractivity contribution in [2.75, 3.05) is 6.54 Å². The molecule has 8 nitrogen and oxygen atoms in total. The van der Waals surface area contributed by atoms with Crippen molar-refractivity contribution in [2.45, 2.75) is 60.0 Å². The summed E-state index contributed by atoms with van der Waals surface area (Å²) >= 11 is 0. The highest BCUT2D eigenvalue weighted by Gasteiger charge is 2.25. The van der Waals surface area contributed by atoms with Crippen molar-refractivity contribution in [3.05, 3.63) is 33.3 Å². The van der Waals surface area contributed by atoms with Crippen LogP contribution in [0.15, 0.2) is 9.32 Å². The Balaban J connectivity index is 1.71. The summed E-state index contributed by atoms with van der Waals surface area (Å²) in [7, 11) is 0. The van der Waals surface area contributed by atoms with Gasteiger partial charge in [-0.2, -0.15) is 5.10 Å². The fourth-order valence-electron chi connectivity index (χ4n) is 3.32. The summed E-state index contributed by atoms with van der Waals surface area (Å²) < 4.78 is 8.34. The fourth-order valence-corrected chi connectivity index (χ4v) is 3.32. The summed E-state index contributed by atoms with van der Waals surface area (Å²) in [5, 5.41) is 11.4. The van der Waals surface area contributed by atoms with Crippen molar-refractivity contribution >= 4 is 5.91 Å². The van der Waals surface area contributed by atoms with E-state index in [-0.39, 0.29) is 17.5 Å². The molecular formula is C18H27N5O3. The lowest BCUT2D eigenvalue weighted by Crippen LogP contribution is -2.34. The van der Waals surface area contributed by atoms with Crippen molar-refractivity contribution < 1.29 is 9.32 Å². The van der Waals surface area contributed by atoms with E-state index >= 15 is 0 Å². The summed E-state index contributed by atoms with van der Waals surface area (Å²) in [6, 6.07) is 0. The molecule has 0 spiro atoms. The van der Waals surface area contributed by atoms with Gasteiger partial charge < -0.3 is 9.84 Å². The molecule has 142 valence electrons. The van der Waals surface area contributed by atoms with Crippen LogP contribution in [0.3, 0.4) is 0 Å². The topological polar surface area (TPSA) is 94.9 Å². The molecule has 1 aliphatic rings. The molecular weight excluding hydrogens is 334 g/mol. The Labute approximate surface area is 152 Å². The number of hydrogen-bond donors (Lipinski definition) is 1.